The summed E-state index contributed by atoms with van der Waals surface area (Å²) >= 11 is 0. The number of nitrogens with one attached hydrogen (secondary N) is 1. The third-order valence-electron chi connectivity index (χ3n) is 3.45. The van der Waals surface area contributed by atoms with Crippen molar-refractivity contribution >= 4 is 16.6 Å². The second-order valence-corrected chi connectivity index (χ2v) is 6.50. The molecule has 4 nitrogen and oxygen atoms in total. The van der Waals surface area contributed by atoms with Crippen LogP contribution in [0, 0.1) is 5.41 Å². The van der Waals surface area contributed by atoms with Crippen LogP contribution in [0.25, 0.3) is 10.9 Å². The monoisotopic (exact) mass is 287 g/mol. The van der Waals surface area contributed by atoms with Crippen LogP contribution in [0.2, 0.25) is 0 Å². The number of pyridine rings is 1. The molecule has 0 unspecified atom stereocenters. The summed E-state index contributed by atoms with van der Waals surface area (Å²) in [5, 5.41) is 4.66. The van der Waals surface area contributed by atoms with Gasteiger partial charge in [-0.3, -0.25) is 4.98 Å². The third kappa shape index (κ3) is 4.08. The second kappa shape index (κ2) is 6.31. The van der Waals surface area contributed by atoms with Crippen molar-refractivity contribution in [2.75, 3.05) is 39.6 Å². The number of nitrogens with zero attached hydrogens (tertiary/aromatic N) is 2. The van der Waals surface area contributed by atoms with Crippen molar-refractivity contribution in [3.05, 3.63) is 30.5 Å². The molecule has 0 amide bonds. The number of rotatable bonds is 6. The number of benzene rings is 1. The van der Waals surface area contributed by atoms with Crippen LogP contribution in [0.5, 0.6) is 5.75 Å². The van der Waals surface area contributed by atoms with Gasteiger partial charge in [-0.1, -0.05) is 13.8 Å². The van der Waals surface area contributed by atoms with E-state index in [9.17, 15) is 0 Å². The van der Waals surface area contributed by atoms with E-state index in [4.69, 9.17) is 4.74 Å². The van der Waals surface area contributed by atoms with Crippen LogP contribution in [-0.4, -0.2) is 44.2 Å². The van der Waals surface area contributed by atoms with E-state index >= 15 is 0 Å². The van der Waals surface area contributed by atoms with Crippen LogP contribution in [-0.2, 0) is 0 Å². The molecule has 0 aliphatic carbocycles. The highest BCUT2D eigenvalue weighted by Gasteiger charge is 2.19. The van der Waals surface area contributed by atoms with Crippen LogP contribution in [0.3, 0.4) is 0 Å². The maximum absolute atomic E-state index is 5.31. The molecule has 1 heterocycles. The first-order valence-corrected chi connectivity index (χ1v) is 7.23. The topological polar surface area (TPSA) is 37.4 Å². The fourth-order valence-electron chi connectivity index (χ4n) is 2.65. The summed E-state index contributed by atoms with van der Waals surface area (Å²) in [4.78, 5) is 6.62. The maximum Gasteiger partial charge on any atom is 0.119 e. The summed E-state index contributed by atoms with van der Waals surface area (Å²) in [6, 6.07) is 7.98. The molecule has 0 aliphatic rings. The van der Waals surface area contributed by atoms with Crippen molar-refractivity contribution in [1.82, 2.24) is 9.88 Å². The molecule has 2 aromatic rings. The zero-order chi connectivity index (χ0) is 15.5. The van der Waals surface area contributed by atoms with Gasteiger partial charge >= 0.3 is 0 Å². The number of methoxy groups -OCH3 is 1. The zero-order valence-electron chi connectivity index (χ0n) is 13.6. The molecular formula is C17H25N3O. The quantitative estimate of drug-likeness (QED) is 0.885. The van der Waals surface area contributed by atoms with Gasteiger partial charge in [0.2, 0.25) is 0 Å². The van der Waals surface area contributed by atoms with Crippen molar-refractivity contribution in [3.8, 4) is 5.75 Å². The van der Waals surface area contributed by atoms with Crippen molar-refractivity contribution in [2.45, 2.75) is 13.8 Å². The van der Waals surface area contributed by atoms with Gasteiger partial charge in [0, 0.05) is 30.4 Å². The number of ether oxygens (including phenoxy) is 1. The van der Waals surface area contributed by atoms with E-state index in [2.05, 4.69) is 43.1 Å². The average Bonchev–Trinajstić information content (AvgIpc) is 2.43. The highest BCUT2D eigenvalue weighted by atomic mass is 16.5. The largest absolute Gasteiger partial charge is 0.497 e. The van der Waals surface area contributed by atoms with E-state index in [-0.39, 0.29) is 5.41 Å². The number of hydrogen-bond donors (Lipinski definition) is 1. The molecule has 1 N–H and O–H groups in total. The van der Waals surface area contributed by atoms with E-state index in [0.717, 1.165) is 35.4 Å². The molecule has 0 spiro atoms. The van der Waals surface area contributed by atoms with Gasteiger partial charge in [0.15, 0.2) is 0 Å². The smallest absolute Gasteiger partial charge is 0.119 e. The van der Waals surface area contributed by atoms with Crippen LogP contribution < -0.4 is 10.1 Å². The van der Waals surface area contributed by atoms with Crippen LogP contribution in [0.4, 0.5) is 5.69 Å². The Kier molecular flexibility index (Phi) is 4.68. The Labute approximate surface area is 127 Å². The third-order valence-corrected chi connectivity index (χ3v) is 3.45. The van der Waals surface area contributed by atoms with Gasteiger partial charge in [0.1, 0.15) is 5.75 Å². The maximum atomic E-state index is 5.31. The summed E-state index contributed by atoms with van der Waals surface area (Å²) in [6.45, 7) is 6.47. The molecule has 0 saturated heterocycles. The molecule has 0 aliphatic heterocycles. The molecule has 0 fully saturated rings. The molecule has 0 saturated carbocycles. The van der Waals surface area contributed by atoms with Gasteiger partial charge in [0.25, 0.3) is 0 Å². The number of fused-ring (bicyclic) bond motifs is 1. The lowest BCUT2D eigenvalue weighted by Crippen LogP contribution is -2.34. The van der Waals surface area contributed by atoms with E-state index in [1.807, 2.05) is 30.5 Å². The first-order chi connectivity index (χ1) is 9.91. The summed E-state index contributed by atoms with van der Waals surface area (Å²) in [5.41, 5.74) is 2.27. The summed E-state index contributed by atoms with van der Waals surface area (Å²) in [7, 11) is 5.90. The zero-order valence-corrected chi connectivity index (χ0v) is 13.6. The number of hydrogen-bond acceptors (Lipinski definition) is 4. The van der Waals surface area contributed by atoms with Crippen molar-refractivity contribution < 1.29 is 4.74 Å². The summed E-state index contributed by atoms with van der Waals surface area (Å²) in [6.07, 6.45) is 1.84. The predicted octanol–water partition coefficient (Wildman–Crippen LogP) is 3.24. The molecule has 0 bridgehead atoms. The minimum Gasteiger partial charge on any atom is -0.497 e. The Hall–Kier alpha value is -1.81. The van der Waals surface area contributed by atoms with E-state index in [1.54, 1.807) is 7.11 Å². The molecule has 4 heteroatoms. The Balaban J connectivity index is 2.22. The van der Waals surface area contributed by atoms with Crippen molar-refractivity contribution in [1.29, 1.82) is 0 Å². The fourth-order valence-corrected chi connectivity index (χ4v) is 2.65. The van der Waals surface area contributed by atoms with E-state index in [1.165, 1.54) is 0 Å². The molecule has 21 heavy (non-hydrogen) atoms. The standard InChI is InChI=1S/C17H25N3O/c1-17(2,12-20(3)4)11-19-16-8-9-18-15-7-6-13(21-5)10-14(15)16/h6-10H,11-12H2,1-5H3,(H,18,19). The average molecular weight is 287 g/mol. The van der Waals surface area contributed by atoms with Gasteiger partial charge in [-0.15, -0.1) is 0 Å². The van der Waals surface area contributed by atoms with Gasteiger partial charge in [-0.2, -0.15) is 0 Å². The second-order valence-electron chi connectivity index (χ2n) is 6.50. The van der Waals surface area contributed by atoms with Gasteiger partial charge in [-0.05, 0) is 43.8 Å². The highest BCUT2D eigenvalue weighted by molar-refractivity contribution is 5.92. The Morgan fingerprint density at radius 2 is 2.00 bits per heavy atom. The van der Waals surface area contributed by atoms with Crippen LogP contribution >= 0.6 is 0 Å². The van der Waals surface area contributed by atoms with Crippen LogP contribution in [0.15, 0.2) is 30.5 Å². The molecule has 0 atom stereocenters. The summed E-state index contributed by atoms with van der Waals surface area (Å²) in [5.74, 6) is 0.853. The Morgan fingerprint density at radius 1 is 1.24 bits per heavy atom. The molecular weight excluding hydrogens is 262 g/mol. The molecule has 114 valence electrons. The normalized spacial score (nSPS) is 11.9. The Morgan fingerprint density at radius 3 is 2.67 bits per heavy atom. The van der Waals surface area contributed by atoms with Crippen LogP contribution in [0.1, 0.15) is 13.8 Å². The van der Waals surface area contributed by atoms with Crippen molar-refractivity contribution in [3.63, 3.8) is 0 Å². The molecule has 1 aromatic carbocycles. The predicted molar refractivity (Wildman–Crippen MR) is 89.1 cm³/mol. The molecule has 0 radical (unpaired) electrons. The van der Waals surface area contributed by atoms with E-state index < -0.39 is 0 Å². The number of anilines is 1. The van der Waals surface area contributed by atoms with E-state index in [0.29, 0.717) is 0 Å². The lowest BCUT2D eigenvalue weighted by atomic mass is 9.93. The SMILES string of the molecule is COc1ccc2nccc(NCC(C)(C)CN(C)C)c2c1. The lowest BCUT2D eigenvalue weighted by Gasteiger charge is -2.29. The molecule has 1 aromatic heterocycles. The van der Waals surface area contributed by atoms with Gasteiger partial charge < -0.3 is 15.0 Å². The molecule has 2 rings (SSSR count). The highest BCUT2D eigenvalue weighted by Crippen LogP contribution is 2.27. The Bertz CT molecular complexity index is 608. The fraction of sp³-hybridized carbons (Fsp3) is 0.471. The minimum absolute atomic E-state index is 0.192. The van der Waals surface area contributed by atoms with Gasteiger partial charge in [-0.25, -0.2) is 0 Å². The first-order valence-electron chi connectivity index (χ1n) is 7.23. The van der Waals surface area contributed by atoms with Gasteiger partial charge in [0.05, 0.1) is 12.6 Å². The lowest BCUT2D eigenvalue weighted by molar-refractivity contribution is 0.254. The first kappa shape index (κ1) is 15.6. The summed E-state index contributed by atoms with van der Waals surface area (Å²) < 4.78 is 5.31. The minimum atomic E-state index is 0.192. The van der Waals surface area contributed by atoms with Crippen molar-refractivity contribution in [2.24, 2.45) is 5.41 Å². The number of aromatic nitrogens is 1.